The van der Waals surface area contributed by atoms with E-state index in [1.165, 1.54) is 11.3 Å². The van der Waals surface area contributed by atoms with E-state index in [0.29, 0.717) is 30.3 Å². The van der Waals surface area contributed by atoms with Crippen LogP contribution in [-0.2, 0) is 13.1 Å². The van der Waals surface area contributed by atoms with Gasteiger partial charge in [-0.15, -0.1) is 11.3 Å². The second kappa shape index (κ2) is 7.05. The molecule has 2 aromatic rings. The number of amides is 1. The number of nitrogens with zero attached hydrogens (tertiary/aromatic N) is 1. The molecule has 6 nitrogen and oxygen atoms in total. The van der Waals surface area contributed by atoms with E-state index in [4.69, 9.17) is 15.2 Å². The maximum atomic E-state index is 12.0. The van der Waals surface area contributed by atoms with Crippen LogP contribution in [0, 0.1) is 0 Å². The molecule has 112 valence electrons. The summed E-state index contributed by atoms with van der Waals surface area (Å²) in [4.78, 5) is 16.2. The standard InChI is InChI=1S/C14H17N3O3S/c1-19-10-3-4-12(20-2)9(5-10)7-16-14(18)11-8-21-13(6-15)17-11/h3-5,8H,6-7,15H2,1-2H3,(H,16,18). The summed E-state index contributed by atoms with van der Waals surface area (Å²) >= 11 is 1.37. The van der Waals surface area contributed by atoms with Gasteiger partial charge in [0.2, 0.25) is 0 Å². The van der Waals surface area contributed by atoms with Crippen molar-refractivity contribution >= 4 is 17.2 Å². The Bertz CT molecular complexity index is 628. The van der Waals surface area contributed by atoms with Gasteiger partial charge in [-0.1, -0.05) is 0 Å². The Labute approximate surface area is 126 Å². The molecule has 0 fully saturated rings. The van der Waals surface area contributed by atoms with Gasteiger partial charge in [0.05, 0.1) is 14.2 Å². The molecule has 0 bridgehead atoms. The first-order chi connectivity index (χ1) is 10.2. The highest BCUT2D eigenvalue weighted by Crippen LogP contribution is 2.23. The van der Waals surface area contributed by atoms with Crippen LogP contribution in [0.5, 0.6) is 11.5 Å². The van der Waals surface area contributed by atoms with Crippen molar-refractivity contribution in [3.63, 3.8) is 0 Å². The molecule has 0 saturated heterocycles. The monoisotopic (exact) mass is 307 g/mol. The van der Waals surface area contributed by atoms with Gasteiger partial charge in [-0.25, -0.2) is 4.98 Å². The lowest BCUT2D eigenvalue weighted by atomic mass is 10.2. The highest BCUT2D eigenvalue weighted by Gasteiger charge is 2.11. The lowest BCUT2D eigenvalue weighted by Crippen LogP contribution is -2.23. The average Bonchev–Trinajstić information content (AvgIpc) is 3.01. The van der Waals surface area contributed by atoms with Gasteiger partial charge < -0.3 is 20.5 Å². The summed E-state index contributed by atoms with van der Waals surface area (Å²) in [5.74, 6) is 1.16. The van der Waals surface area contributed by atoms with Crippen molar-refractivity contribution in [2.45, 2.75) is 13.1 Å². The minimum absolute atomic E-state index is 0.240. The number of aromatic nitrogens is 1. The molecule has 7 heteroatoms. The minimum atomic E-state index is -0.240. The fraction of sp³-hybridized carbons (Fsp3) is 0.286. The lowest BCUT2D eigenvalue weighted by molar-refractivity contribution is 0.0946. The molecule has 1 aromatic carbocycles. The number of nitrogens with one attached hydrogen (secondary N) is 1. The van der Waals surface area contributed by atoms with Crippen LogP contribution in [-0.4, -0.2) is 25.1 Å². The molecule has 1 amide bonds. The quantitative estimate of drug-likeness (QED) is 0.845. The number of ether oxygens (including phenoxy) is 2. The number of hydrogen-bond acceptors (Lipinski definition) is 6. The van der Waals surface area contributed by atoms with Crippen LogP contribution in [0.1, 0.15) is 21.1 Å². The molecule has 21 heavy (non-hydrogen) atoms. The van der Waals surface area contributed by atoms with Crippen LogP contribution in [0.25, 0.3) is 0 Å². The van der Waals surface area contributed by atoms with Crippen molar-refractivity contribution in [3.05, 3.63) is 39.8 Å². The van der Waals surface area contributed by atoms with Crippen LogP contribution in [0.2, 0.25) is 0 Å². The molecule has 1 heterocycles. The minimum Gasteiger partial charge on any atom is -0.497 e. The first kappa shape index (κ1) is 15.3. The van der Waals surface area contributed by atoms with Crippen molar-refractivity contribution in [2.24, 2.45) is 5.73 Å². The number of benzene rings is 1. The Morgan fingerprint density at radius 2 is 2.19 bits per heavy atom. The van der Waals surface area contributed by atoms with E-state index < -0.39 is 0 Å². The first-order valence-electron chi connectivity index (χ1n) is 6.31. The van der Waals surface area contributed by atoms with Gasteiger partial charge in [-0.05, 0) is 18.2 Å². The smallest absolute Gasteiger partial charge is 0.271 e. The van der Waals surface area contributed by atoms with E-state index in [2.05, 4.69) is 10.3 Å². The highest BCUT2D eigenvalue weighted by atomic mass is 32.1. The number of nitrogens with two attached hydrogens (primary N) is 1. The predicted octanol–water partition coefficient (Wildman–Crippen LogP) is 1.55. The average molecular weight is 307 g/mol. The van der Waals surface area contributed by atoms with E-state index in [-0.39, 0.29) is 5.91 Å². The van der Waals surface area contributed by atoms with Gasteiger partial charge in [0.15, 0.2) is 0 Å². The van der Waals surface area contributed by atoms with E-state index in [1.54, 1.807) is 31.7 Å². The second-order valence-corrected chi connectivity index (χ2v) is 5.13. The topological polar surface area (TPSA) is 86.5 Å². The Balaban J connectivity index is 2.06. The molecule has 0 atom stereocenters. The fourth-order valence-electron chi connectivity index (χ4n) is 1.80. The number of carbonyl (C=O) groups is 1. The number of thiazole rings is 1. The van der Waals surface area contributed by atoms with Crippen molar-refractivity contribution in [2.75, 3.05) is 14.2 Å². The van der Waals surface area contributed by atoms with Crippen molar-refractivity contribution in [1.29, 1.82) is 0 Å². The maximum absolute atomic E-state index is 12.0. The van der Waals surface area contributed by atoms with E-state index in [1.807, 2.05) is 6.07 Å². The molecule has 0 spiro atoms. The van der Waals surface area contributed by atoms with Crippen LogP contribution in [0.4, 0.5) is 0 Å². The third-order valence-corrected chi connectivity index (χ3v) is 3.76. The van der Waals surface area contributed by atoms with Crippen LogP contribution in [0.3, 0.4) is 0 Å². The predicted molar refractivity (Wildman–Crippen MR) is 80.7 cm³/mol. The second-order valence-electron chi connectivity index (χ2n) is 4.19. The summed E-state index contributed by atoms with van der Waals surface area (Å²) in [5.41, 5.74) is 6.69. The SMILES string of the molecule is COc1ccc(OC)c(CNC(=O)c2csc(CN)n2)c1. The Morgan fingerprint density at radius 3 is 2.81 bits per heavy atom. The van der Waals surface area contributed by atoms with Crippen molar-refractivity contribution < 1.29 is 14.3 Å². The summed E-state index contributed by atoms with van der Waals surface area (Å²) in [6.45, 7) is 0.663. The zero-order valence-electron chi connectivity index (χ0n) is 11.9. The van der Waals surface area contributed by atoms with Gasteiger partial charge in [-0.2, -0.15) is 0 Å². The van der Waals surface area contributed by atoms with Gasteiger partial charge in [0.25, 0.3) is 5.91 Å². The molecule has 0 aliphatic rings. The molecule has 0 unspecified atom stereocenters. The third-order valence-electron chi connectivity index (χ3n) is 2.89. The zero-order valence-corrected chi connectivity index (χ0v) is 12.7. The summed E-state index contributed by atoms with van der Waals surface area (Å²) < 4.78 is 10.4. The molecular weight excluding hydrogens is 290 g/mol. The number of hydrogen-bond donors (Lipinski definition) is 2. The molecule has 2 rings (SSSR count). The molecule has 0 aliphatic carbocycles. The van der Waals surface area contributed by atoms with E-state index >= 15 is 0 Å². The third kappa shape index (κ3) is 3.71. The first-order valence-corrected chi connectivity index (χ1v) is 7.19. The molecule has 0 aliphatic heterocycles. The summed E-state index contributed by atoms with van der Waals surface area (Å²) in [7, 11) is 3.18. The van der Waals surface area contributed by atoms with Crippen molar-refractivity contribution in [3.8, 4) is 11.5 Å². The molecule has 0 radical (unpaired) electrons. The normalized spacial score (nSPS) is 10.2. The molecule has 3 N–H and O–H groups in total. The molecule has 1 aromatic heterocycles. The lowest BCUT2D eigenvalue weighted by Gasteiger charge is -2.11. The number of rotatable bonds is 6. The Kier molecular flexibility index (Phi) is 5.13. The summed E-state index contributed by atoms with van der Waals surface area (Å²) in [5, 5.41) is 5.24. The Hall–Kier alpha value is -2.12. The molecule has 0 saturated carbocycles. The van der Waals surface area contributed by atoms with Gasteiger partial charge in [0, 0.05) is 24.0 Å². The largest absolute Gasteiger partial charge is 0.497 e. The maximum Gasteiger partial charge on any atom is 0.271 e. The van der Waals surface area contributed by atoms with Crippen LogP contribution < -0.4 is 20.5 Å². The summed E-state index contributed by atoms with van der Waals surface area (Å²) in [6, 6.07) is 5.43. The van der Waals surface area contributed by atoms with E-state index in [0.717, 1.165) is 10.6 Å². The van der Waals surface area contributed by atoms with Gasteiger partial charge in [0.1, 0.15) is 22.2 Å². The van der Waals surface area contributed by atoms with Gasteiger partial charge in [-0.3, -0.25) is 4.79 Å². The number of methoxy groups -OCH3 is 2. The fourth-order valence-corrected chi connectivity index (χ4v) is 2.45. The summed E-state index contributed by atoms with van der Waals surface area (Å²) in [6.07, 6.45) is 0. The van der Waals surface area contributed by atoms with Crippen LogP contribution in [0.15, 0.2) is 23.6 Å². The highest BCUT2D eigenvalue weighted by molar-refractivity contribution is 7.09. The zero-order chi connectivity index (χ0) is 15.2. The Morgan fingerprint density at radius 1 is 1.38 bits per heavy atom. The van der Waals surface area contributed by atoms with E-state index in [9.17, 15) is 4.79 Å². The number of carbonyl (C=O) groups excluding carboxylic acids is 1. The van der Waals surface area contributed by atoms with Crippen LogP contribution >= 0.6 is 11.3 Å². The van der Waals surface area contributed by atoms with Crippen molar-refractivity contribution in [1.82, 2.24) is 10.3 Å². The molecular formula is C14H17N3O3S. The van der Waals surface area contributed by atoms with Gasteiger partial charge >= 0.3 is 0 Å².